The summed E-state index contributed by atoms with van der Waals surface area (Å²) in [5.41, 5.74) is 4.86. The molecule has 0 aliphatic heterocycles. The third-order valence-corrected chi connectivity index (χ3v) is 3.32. The highest BCUT2D eigenvalue weighted by Crippen LogP contribution is 2.30. The summed E-state index contributed by atoms with van der Waals surface area (Å²) < 4.78 is 6.11. The van der Waals surface area contributed by atoms with Crippen LogP contribution < -0.4 is 10.1 Å². The van der Waals surface area contributed by atoms with Gasteiger partial charge in [0.05, 0.1) is 0 Å². The van der Waals surface area contributed by atoms with Gasteiger partial charge in [0.1, 0.15) is 11.5 Å². The summed E-state index contributed by atoms with van der Waals surface area (Å²) in [4.78, 5) is 0. The van der Waals surface area contributed by atoms with Gasteiger partial charge in [0, 0.05) is 12.1 Å². The molecule has 2 heteroatoms. The average Bonchev–Trinajstić information content (AvgIpc) is 2.38. The van der Waals surface area contributed by atoms with Crippen molar-refractivity contribution in [2.75, 3.05) is 7.05 Å². The molecule has 2 aromatic rings. The molecule has 2 nitrogen and oxygen atoms in total. The maximum Gasteiger partial charge on any atom is 0.131 e. The van der Waals surface area contributed by atoms with Crippen molar-refractivity contribution in [1.29, 1.82) is 0 Å². The Hall–Kier alpha value is -1.80. The zero-order valence-corrected chi connectivity index (χ0v) is 12.1. The van der Waals surface area contributed by atoms with Gasteiger partial charge in [-0.2, -0.15) is 0 Å². The summed E-state index contributed by atoms with van der Waals surface area (Å²) in [6.07, 6.45) is 0. The minimum absolute atomic E-state index is 0.806. The summed E-state index contributed by atoms with van der Waals surface area (Å²) in [6.45, 7) is 7.12. The highest BCUT2D eigenvalue weighted by atomic mass is 16.5. The van der Waals surface area contributed by atoms with Crippen LogP contribution in [0.1, 0.15) is 22.3 Å². The first-order valence-corrected chi connectivity index (χ1v) is 6.60. The van der Waals surface area contributed by atoms with Crippen LogP contribution in [0.3, 0.4) is 0 Å². The van der Waals surface area contributed by atoms with Crippen molar-refractivity contribution in [3.8, 4) is 11.5 Å². The van der Waals surface area contributed by atoms with Gasteiger partial charge in [0.15, 0.2) is 0 Å². The molecule has 0 aliphatic carbocycles. The molecular weight excluding hydrogens is 234 g/mol. The SMILES string of the molecule is CNCc1ccccc1Oc1cc(C)cc(C)c1C. The summed E-state index contributed by atoms with van der Waals surface area (Å²) in [7, 11) is 1.94. The lowest BCUT2D eigenvalue weighted by Gasteiger charge is -2.14. The van der Waals surface area contributed by atoms with E-state index >= 15 is 0 Å². The van der Waals surface area contributed by atoms with Crippen molar-refractivity contribution in [2.45, 2.75) is 27.3 Å². The standard InChI is InChI=1S/C17H21NO/c1-12-9-13(2)14(3)17(10-12)19-16-8-6-5-7-15(16)11-18-4/h5-10,18H,11H2,1-4H3. The van der Waals surface area contributed by atoms with Crippen LogP contribution in [0, 0.1) is 20.8 Å². The molecule has 0 amide bonds. The number of para-hydroxylation sites is 1. The van der Waals surface area contributed by atoms with Crippen molar-refractivity contribution in [2.24, 2.45) is 0 Å². The number of hydrogen-bond acceptors (Lipinski definition) is 2. The smallest absolute Gasteiger partial charge is 0.131 e. The summed E-state index contributed by atoms with van der Waals surface area (Å²) >= 11 is 0. The van der Waals surface area contributed by atoms with E-state index in [1.54, 1.807) is 0 Å². The number of aryl methyl sites for hydroxylation is 2. The fourth-order valence-electron chi connectivity index (χ4n) is 2.17. The minimum Gasteiger partial charge on any atom is -0.457 e. The minimum atomic E-state index is 0.806. The Balaban J connectivity index is 2.36. The van der Waals surface area contributed by atoms with Gasteiger partial charge in [0.2, 0.25) is 0 Å². The average molecular weight is 255 g/mol. The summed E-state index contributed by atoms with van der Waals surface area (Å²) in [5.74, 6) is 1.87. The highest BCUT2D eigenvalue weighted by molar-refractivity contribution is 5.46. The van der Waals surface area contributed by atoms with Gasteiger partial charge < -0.3 is 10.1 Å². The van der Waals surface area contributed by atoms with Crippen LogP contribution in [0.15, 0.2) is 36.4 Å². The lowest BCUT2D eigenvalue weighted by Crippen LogP contribution is -2.06. The third-order valence-electron chi connectivity index (χ3n) is 3.32. The number of hydrogen-bond donors (Lipinski definition) is 1. The van der Waals surface area contributed by atoms with Gasteiger partial charge in [-0.15, -0.1) is 0 Å². The van der Waals surface area contributed by atoms with Crippen LogP contribution in [0.2, 0.25) is 0 Å². The van der Waals surface area contributed by atoms with Gasteiger partial charge in [-0.05, 0) is 56.6 Å². The van der Waals surface area contributed by atoms with Crippen molar-refractivity contribution in [3.05, 3.63) is 58.7 Å². The van der Waals surface area contributed by atoms with E-state index in [0.717, 1.165) is 18.0 Å². The number of benzene rings is 2. The molecule has 0 radical (unpaired) electrons. The third kappa shape index (κ3) is 3.15. The van der Waals surface area contributed by atoms with Crippen LogP contribution in [0.5, 0.6) is 11.5 Å². The van der Waals surface area contributed by atoms with Crippen molar-refractivity contribution in [1.82, 2.24) is 5.32 Å². The Morgan fingerprint density at radius 1 is 1.00 bits per heavy atom. The molecule has 0 saturated carbocycles. The highest BCUT2D eigenvalue weighted by Gasteiger charge is 2.08. The molecule has 0 unspecified atom stereocenters. The molecule has 19 heavy (non-hydrogen) atoms. The van der Waals surface area contributed by atoms with E-state index in [9.17, 15) is 0 Å². The first-order valence-electron chi connectivity index (χ1n) is 6.60. The largest absolute Gasteiger partial charge is 0.457 e. The lowest BCUT2D eigenvalue weighted by atomic mass is 10.1. The Morgan fingerprint density at radius 2 is 1.74 bits per heavy atom. The van der Waals surface area contributed by atoms with E-state index in [1.165, 1.54) is 22.3 Å². The topological polar surface area (TPSA) is 21.3 Å². The quantitative estimate of drug-likeness (QED) is 0.887. The van der Waals surface area contributed by atoms with Gasteiger partial charge in [-0.25, -0.2) is 0 Å². The number of nitrogens with one attached hydrogen (secondary N) is 1. The van der Waals surface area contributed by atoms with Gasteiger partial charge >= 0.3 is 0 Å². The summed E-state index contributed by atoms with van der Waals surface area (Å²) in [6, 6.07) is 12.4. The van der Waals surface area contributed by atoms with E-state index in [0.29, 0.717) is 0 Å². The van der Waals surface area contributed by atoms with Gasteiger partial charge in [-0.1, -0.05) is 24.3 Å². The summed E-state index contributed by atoms with van der Waals surface area (Å²) in [5, 5.41) is 3.17. The van der Waals surface area contributed by atoms with E-state index in [4.69, 9.17) is 4.74 Å². The Kier molecular flexibility index (Phi) is 4.23. The van der Waals surface area contributed by atoms with E-state index in [1.807, 2.05) is 25.2 Å². The van der Waals surface area contributed by atoms with Crippen LogP contribution in [-0.2, 0) is 6.54 Å². The number of ether oxygens (including phenoxy) is 1. The zero-order valence-electron chi connectivity index (χ0n) is 12.1. The Bertz CT molecular complexity index is 575. The monoisotopic (exact) mass is 255 g/mol. The van der Waals surface area contributed by atoms with Crippen molar-refractivity contribution >= 4 is 0 Å². The predicted octanol–water partition coefficient (Wildman–Crippen LogP) is 4.12. The fraction of sp³-hybridized carbons (Fsp3) is 0.294. The number of rotatable bonds is 4. The second kappa shape index (κ2) is 5.89. The molecule has 0 bridgehead atoms. The molecule has 0 heterocycles. The van der Waals surface area contributed by atoms with Gasteiger partial charge in [0.25, 0.3) is 0 Å². The van der Waals surface area contributed by atoms with Crippen molar-refractivity contribution in [3.63, 3.8) is 0 Å². The predicted molar refractivity (Wildman–Crippen MR) is 79.9 cm³/mol. The molecule has 0 fully saturated rings. The Morgan fingerprint density at radius 3 is 2.47 bits per heavy atom. The van der Waals surface area contributed by atoms with Crippen LogP contribution in [-0.4, -0.2) is 7.05 Å². The first-order chi connectivity index (χ1) is 9.11. The normalized spacial score (nSPS) is 10.5. The zero-order chi connectivity index (χ0) is 13.8. The molecular formula is C17H21NO. The van der Waals surface area contributed by atoms with Crippen LogP contribution in [0.4, 0.5) is 0 Å². The molecule has 2 rings (SSSR count). The molecule has 2 aromatic carbocycles. The lowest BCUT2D eigenvalue weighted by molar-refractivity contribution is 0.470. The van der Waals surface area contributed by atoms with E-state index < -0.39 is 0 Å². The van der Waals surface area contributed by atoms with E-state index in [2.05, 4.69) is 44.3 Å². The second-order valence-corrected chi connectivity index (χ2v) is 4.95. The Labute approximate surface area is 115 Å². The van der Waals surface area contributed by atoms with Gasteiger partial charge in [-0.3, -0.25) is 0 Å². The maximum atomic E-state index is 6.11. The van der Waals surface area contributed by atoms with E-state index in [-0.39, 0.29) is 0 Å². The second-order valence-electron chi connectivity index (χ2n) is 4.95. The molecule has 1 N–H and O–H groups in total. The molecule has 0 spiro atoms. The van der Waals surface area contributed by atoms with Crippen LogP contribution in [0.25, 0.3) is 0 Å². The molecule has 0 aromatic heterocycles. The maximum absolute atomic E-state index is 6.11. The van der Waals surface area contributed by atoms with Crippen LogP contribution >= 0.6 is 0 Å². The molecule has 0 saturated heterocycles. The molecule has 0 atom stereocenters. The molecule has 0 aliphatic rings. The fourth-order valence-corrected chi connectivity index (χ4v) is 2.17. The first kappa shape index (κ1) is 13.6. The van der Waals surface area contributed by atoms with Crippen molar-refractivity contribution < 1.29 is 4.74 Å². The molecule has 100 valence electrons.